The summed E-state index contributed by atoms with van der Waals surface area (Å²) in [5.74, 6) is 0. The van der Waals surface area contributed by atoms with Crippen LogP contribution >= 0.6 is 0 Å². The van der Waals surface area contributed by atoms with Gasteiger partial charge in [0, 0.05) is 6.04 Å². The molecule has 0 spiro atoms. The summed E-state index contributed by atoms with van der Waals surface area (Å²) in [4.78, 5) is 0. The van der Waals surface area contributed by atoms with E-state index in [0.717, 1.165) is 38.5 Å². The van der Waals surface area contributed by atoms with Crippen LogP contribution in [0.3, 0.4) is 0 Å². The fraction of sp³-hybridized carbons (Fsp3) is 0.571. The highest BCUT2D eigenvalue weighted by molar-refractivity contribution is 5.15. The van der Waals surface area contributed by atoms with E-state index in [4.69, 9.17) is 5.73 Å². The third-order valence-electron chi connectivity index (χ3n) is 3.58. The lowest BCUT2D eigenvalue weighted by molar-refractivity contribution is -0.00958. The quantitative estimate of drug-likeness (QED) is 0.819. The van der Waals surface area contributed by atoms with Crippen molar-refractivity contribution in [2.24, 2.45) is 5.73 Å². The van der Waals surface area contributed by atoms with E-state index in [2.05, 4.69) is 12.1 Å². The lowest BCUT2D eigenvalue weighted by Crippen LogP contribution is -2.41. The molecule has 1 aliphatic rings. The Kier molecular flexibility index (Phi) is 3.62. The molecule has 2 atom stereocenters. The molecule has 1 saturated carbocycles. The molecule has 88 valence electrons. The maximum Gasteiger partial charge on any atom is 0.0665 e. The van der Waals surface area contributed by atoms with Crippen molar-refractivity contribution >= 4 is 0 Å². The molecule has 16 heavy (non-hydrogen) atoms. The molecular weight excluding hydrogens is 198 g/mol. The van der Waals surface area contributed by atoms with Gasteiger partial charge in [0.2, 0.25) is 0 Å². The van der Waals surface area contributed by atoms with Gasteiger partial charge >= 0.3 is 0 Å². The molecule has 1 aliphatic carbocycles. The summed E-state index contributed by atoms with van der Waals surface area (Å²) in [6.07, 6.45) is 5.59. The van der Waals surface area contributed by atoms with Crippen molar-refractivity contribution in [2.75, 3.05) is 0 Å². The number of benzene rings is 1. The van der Waals surface area contributed by atoms with E-state index in [9.17, 15) is 5.11 Å². The van der Waals surface area contributed by atoms with Crippen LogP contribution in [0.5, 0.6) is 0 Å². The third-order valence-corrected chi connectivity index (χ3v) is 3.58. The second kappa shape index (κ2) is 4.98. The molecule has 3 N–H and O–H groups in total. The Bertz CT molecular complexity index is 325. The van der Waals surface area contributed by atoms with Gasteiger partial charge in [0.25, 0.3) is 0 Å². The van der Waals surface area contributed by atoms with Crippen LogP contribution in [-0.4, -0.2) is 16.7 Å². The molecule has 2 nitrogen and oxygen atoms in total. The minimum atomic E-state index is -0.520. The second-order valence-electron chi connectivity index (χ2n) is 5.07. The molecule has 0 saturated heterocycles. The van der Waals surface area contributed by atoms with E-state index >= 15 is 0 Å². The van der Waals surface area contributed by atoms with E-state index in [-0.39, 0.29) is 6.04 Å². The van der Waals surface area contributed by atoms with Gasteiger partial charge in [-0.15, -0.1) is 0 Å². The zero-order chi connectivity index (χ0) is 11.4. The summed E-state index contributed by atoms with van der Waals surface area (Å²) >= 11 is 0. The normalized spacial score (nSPS) is 30.2. The molecule has 2 heteroatoms. The van der Waals surface area contributed by atoms with Crippen LogP contribution in [0.1, 0.15) is 37.7 Å². The molecule has 0 heterocycles. The maximum absolute atomic E-state index is 10.4. The van der Waals surface area contributed by atoms with Gasteiger partial charge in [0.15, 0.2) is 0 Å². The van der Waals surface area contributed by atoms with Crippen LogP contribution in [0.2, 0.25) is 0 Å². The Labute approximate surface area is 97.5 Å². The minimum Gasteiger partial charge on any atom is -0.390 e. The molecular formula is C14H21NO. The van der Waals surface area contributed by atoms with Crippen LogP contribution in [0.25, 0.3) is 0 Å². The Morgan fingerprint density at radius 1 is 1.31 bits per heavy atom. The highest BCUT2D eigenvalue weighted by atomic mass is 16.3. The predicted molar refractivity (Wildman–Crippen MR) is 66.2 cm³/mol. The van der Waals surface area contributed by atoms with Crippen molar-refractivity contribution in [3.8, 4) is 0 Å². The number of aryl methyl sites for hydroxylation is 1. The van der Waals surface area contributed by atoms with Crippen LogP contribution < -0.4 is 5.73 Å². The summed E-state index contributed by atoms with van der Waals surface area (Å²) in [5.41, 5.74) is 6.70. The summed E-state index contributed by atoms with van der Waals surface area (Å²) in [6, 6.07) is 10.5. The number of hydrogen-bond donors (Lipinski definition) is 2. The third kappa shape index (κ3) is 3.06. The summed E-state index contributed by atoms with van der Waals surface area (Å²) in [7, 11) is 0. The zero-order valence-corrected chi connectivity index (χ0v) is 9.73. The van der Waals surface area contributed by atoms with E-state index in [1.807, 2.05) is 18.2 Å². The van der Waals surface area contributed by atoms with Gasteiger partial charge in [-0.05, 0) is 44.1 Å². The van der Waals surface area contributed by atoms with E-state index < -0.39 is 5.60 Å². The van der Waals surface area contributed by atoms with Crippen LogP contribution in [0, 0.1) is 0 Å². The molecule has 2 rings (SSSR count). The van der Waals surface area contributed by atoms with Crippen LogP contribution in [0.4, 0.5) is 0 Å². The number of aliphatic hydroxyl groups is 1. The van der Waals surface area contributed by atoms with Gasteiger partial charge in [0.1, 0.15) is 0 Å². The average molecular weight is 219 g/mol. The fourth-order valence-electron chi connectivity index (χ4n) is 2.63. The van der Waals surface area contributed by atoms with Crippen molar-refractivity contribution in [3.63, 3.8) is 0 Å². The molecule has 1 aromatic rings. The molecule has 2 unspecified atom stereocenters. The molecule has 0 bridgehead atoms. The predicted octanol–water partition coefficient (Wildman–Crippen LogP) is 2.25. The van der Waals surface area contributed by atoms with Crippen LogP contribution in [-0.2, 0) is 6.42 Å². The standard InChI is InChI=1S/C14H21NO/c15-13-7-4-9-14(16,11-13)10-8-12-5-2-1-3-6-12/h1-3,5-6,13,16H,4,7-11,15H2. The number of nitrogens with two attached hydrogens (primary N) is 1. The van der Waals surface area contributed by atoms with Gasteiger partial charge < -0.3 is 10.8 Å². The largest absolute Gasteiger partial charge is 0.390 e. The first-order valence-electron chi connectivity index (χ1n) is 6.20. The zero-order valence-electron chi connectivity index (χ0n) is 9.73. The summed E-state index contributed by atoms with van der Waals surface area (Å²) in [6.45, 7) is 0. The molecule has 1 aromatic carbocycles. The first-order valence-corrected chi connectivity index (χ1v) is 6.20. The number of rotatable bonds is 3. The van der Waals surface area contributed by atoms with Crippen molar-refractivity contribution < 1.29 is 5.11 Å². The fourth-order valence-corrected chi connectivity index (χ4v) is 2.63. The SMILES string of the molecule is NC1CCCC(O)(CCc2ccccc2)C1. The molecule has 0 amide bonds. The molecule has 0 aromatic heterocycles. The Morgan fingerprint density at radius 3 is 2.75 bits per heavy atom. The summed E-state index contributed by atoms with van der Waals surface area (Å²) < 4.78 is 0. The highest BCUT2D eigenvalue weighted by Gasteiger charge is 2.32. The van der Waals surface area contributed by atoms with E-state index in [1.54, 1.807) is 0 Å². The van der Waals surface area contributed by atoms with Gasteiger partial charge in [0.05, 0.1) is 5.60 Å². The topological polar surface area (TPSA) is 46.2 Å². The first-order chi connectivity index (χ1) is 7.68. The van der Waals surface area contributed by atoms with Crippen molar-refractivity contribution in [3.05, 3.63) is 35.9 Å². The van der Waals surface area contributed by atoms with Gasteiger partial charge in [-0.1, -0.05) is 30.3 Å². The van der Waals surface area contributed by atoms with Crippen molar-refractivity contribution in [1.29, 1.82) is 0 Å². The smallest absolute Gasteiger partial charge is 0.0665 e. The monoisotopic (exact) mass is 219 g/mol. The lowest BCUT2D eigenvalue weighted by atomic mass is 9.79. The molecule has 0 radical (unpaired) electrons. The maximum atomic E-state index is 10.4. The highest BCUT2D eigenvalue weighted by Crippen LogP contribution is 2.31. The van der Waals surface area contributed by atoms with E-state index in [1.165, 1.54) is 5.56 Å². The van der Waals surface area contributed by atoms with Crippen molar-refractivity contribution in [1.82, 2.24) is 0 Å². The Balaban J connectivity index is 1.89. The minimum absolute atomic E-state index is 0.189. The Hall–Kier alpha value is -0.860. The molecule has 0 aliphatic heterocycles. The average Bonchev–Trinajstić information content (AvgIpc) is 2.28. The van der Waals surface area contributed by atoms with Gasteiger partial charge in [-0.2, -0.15) is 0 Å². The second-order valence-corrected chi connectivity index (χ2v) is 5.07. The van der Waals surface area contributed by atoms with Gasteiger partial charge in [-0.25, -0.2) is 0 Å². The lowest BCUT2D eigenvalue weighted by Gasteiger charge is -2.35. The van der Waals surface area contributed by atoms with E-state index in [0.29, 0.717) is 0 Å². The summed E-state index contributed by atoms with van der Waals surface area (Å²) in [5, 5.41) is 10.4. The molecule has 1 fully saturated rings. The number of hydrogen-bond acceptors (Lipinski definition) is 2. The Morgan fingerprint density at radius 2 is 2.06 bits per heavy atom. The first kappa shape index (κ1) is 11.6. The van der Waals surface area contributed by atoms with Crippen molar-refractivity contribution in [2.45, 2.75) is 50.2 Å². The van der Waals surface area contributed by atoms with Gasteiger partial charge in [-0.3, -0.25) is 0 Å². The van der Waals surface area contributed by atoms with Crippen LogP contribution in [0.15, 0.2) is 30.3 Å².